The summed E-state index contributed by atoms with van der Waals surface area (Å²) < 4.78 is 0.978. The van der Waals surface area contributed by atoms with E-state index in [9.17, 15) is 4.79 Å². The van der Waals surface area contributed by atoms with Crippen LogP contribution in [0, 0.1) is 0 Å². The number of benzene rings is 1. The summed E-state index contributed by atoms with van der Waals surface area (Å²) in [5.74, 6) is 0. The number of hydrogen-bond acceptors (Lipinski definition) is 1. The van der Waals surface area contributed by atoms with Crippen LogP contribution in [0.2, 0.25) is 0 Å². The van der Waals surface area contributed by atoms with Crippen LogP contribution in [0.3, 0.4) is 0 Å². The molecule has 3 rings (SSSR count). The molecule has 0 aliphatic heterocycles. The second-order valence-corrected chi connectivity index (χ2v) is 6.39. The fraction of sp³-hybridized carbons (Fsp3) is 0.133. The van der Waals surface area contributed by atoms with E-state index in [1.165, 1.54) is 0 Å². The van der Waals surface area contributed by atoms with Crippen LogP contribution in [-0.4, -0.2) is 4.83 Å². The molecule has 2 aromatic carbocycles. The van der Waals surface area contributed by atoms with Gasteiger partial charge in [0.15, 0.2) is 5.43 Å². The molecule has 3 heteroatoms. The molecule has 0 spiro atoms. The molecule has 0 saturated heterocycles. The Morgan fingerprint density at radius 3 is 2.78 bits per heavy atom. The summed E-state index contributed by atoms with van der Waals surface area (Å²) >= 11 is 7.14. The van der Waals surface area contributed by atoms with Gasteiger partial charge in [-0.3, -0.25) is 4.79 Å². The van der Waals surface area contributed by atoms with E-state index < -0.39 is 0 Å². The quantitative estimate of drug-likeness (QED) is 0.656. The molecule has 0 bridgehead atoms. The lowest BCUT2D eigenvalue weighted by molar-refractivity contribution is 1.15. The normalized spacial score (nSPS) is 17.8. The Balaban J connectivity index is 2.68. The molecule has 1 atom stereocenters. The summed E-state index contributed by atoms with van der Waals surface area (Å²) in [4.78, 5) is 12.8. The van der Waals surface area contributed by atoms with E-state index in [-0.39, 0.29) is 10.3 Å². The van der Waals surface area contributed by atoms with Crippen molar-refractivity contribution >= 4 is 54.8 Å². The van der Waals surface area contributed by atoms with Crippen molar-refractivity contribution in [2.24, 2.45) is 0 Å². The Morgan fingerprint density at radius 2 is 1.94 bits per heavy atom. The van der Waals surface area contributed by atoms with Crippen molar-refractivity contribution in [1.29, 1.82) is 0 Å². The van der Waals surface area contributed by atoms with Crippen LogP contribution in [-0.2, 0) is 0 Å². The van der Waals surface area contributed by atoms with Gasteiger partial charge in [0.05, 0.1) is 0 Å². The van der Waals surface area contributed by atoms with Crippen molar-refractivity contribution in [3.63, 3.8) is 0 Å². The lowest BCUT2D eigenvalue weighted by atomic mass is 10.1. The Kier molecular flexibility index (Phi) is 3.12. The molecule has 1 unspecified atom stereocenters. The largest absolute Gasteiger partial charge is 0.289 e. The first kappa shape index (κ1) is 12.1. The second kappa shape index (κ2) is 4.63. The highest BCUT2D eigenvalue weighted by Crippen LogP contribution is 2.14. The van der Waals surface area contributed by atoms with Gasteiger partial charge in [-0.05, 0) is 23.1 Å². The molecule has 0 heterocycles. The van der Waals surface area contributed by atoms with Gasteiger partial charge in [-0.2, -0.15) is 0 Å². The van der Waals surface area contributed by atoms with Gasteiger partial charge in [-0.25, -0.2) is 0 Å². The van der Waals surface area contributed by atoms with Crippen LogP contribution < -0.4 is 15.9 Å². The van der Waals surface area contributed by atoms with E-state index in [2.05, 4.69) is 37.9 Å². The van der Waals surface area contributed by atoms with E-state index in [0.29, 0.717) is 0 Å². The predicted octanol–water partition coefficient (Wildman–Crippen LogP) is 2.69. The minimum atomic E-state index is 0.103. The predicted molar refractivity (Wildman–Crippen MR) is 83.4 cm³/mol. The molecule has 0 amide bonds. The Morgan fingerprint density at radius 1 is 1.17 bits per heavy atom. The molecule has 2 aromatic rings. The second-order valence-electron chi connectivity index (χ2n) is 4.36. The molecule has 0 saturated carbocycles. The minimum absolute atomic E-state index is 0.103. The maximum absolute atomic E-state index is 12.6. The number of fused-ring (bicyclic) bond motifs is 2. The number of alkyl halides is 1. The molecule has 0 radical (unpaired) electrons. The molecule has 0 N–H and O–H groups in total. The highest BCUT2D eigenvalue weighted by molar-refractivity contribution is 9.10. The number of hydrogen-bond donors (Lipinski definition) is 0. The maximum atomic E-state index is 12.6. The Hall–Kier alpha value is -0.930. The van der Waals surface area contributed by atoms with E-state index in [1.54, 1.807) is 0 Å². The molecule has 1 aliphatic rings. The standard InChI is InChI=1S/C15H10Br2O/c16-10-5-6-12-13(8-10)15(18)11-4-2-1-3-9(11)7-14(12)17/h1-4,6-8,10H,5H2. The monoisotopic (exact) mass is 364 g/mol. The van der Waals surface area contributed by atoms with E-state index in [4.69, 9.17) is 0 Å². The number of halogens is 2. The van der Waals surface area contributed by atoms with Crippen molar-refractivity contribution < 1.29 is 0 Å². The lowest BCUT2D eigenvalue weighted by Gasteiger charge is -2.04. The third-order valence-electron chi connectivity index (χ3n) is 3.17. The zero-order valence-corrected chi connectivity index (χ0v) is 12.7. The third kappa shape index (κ3) is 1.95. The highest BCUT2D eigenvalue weighted by Gasteiger charge is 2.08. The Bertz CT molecular complexity index is 809. The van der Waals surface area contributed by atoms with Crippen LogP contribution in [0.5, 0.6) is 0 Å². The fourth-order valence-electron chi connectivity index (χ4n) is 2.29. The molecule has 1 nitrogen and oxygen atoms in total. The highest BCUT2D eigenvalue weighted by atomic mass is 79.9. The van der Waals surface area contributed by atoms with Gasteiger partial charge in [-0.1, -0.05) is 68.3 Å². The van der Waals surface area contributed by atoms with Crippen LogP contribution in [0.4, 0.5) is 0 Å². The van der Waals surface area contributed by atoms with Crippen molar-refractivity contribution in [3.05, 3.63) is 55.5 Å². The van der Waals surface area contributed by atoms with E-state index in [0.717, 1.165) is 32.1 Å². The average Bonchev–Trinajstić information content (AvgIpc) is 2.47. The number of rotatable bonds is 0. The zero-order valence-electron chi connectivity index (χ0n) is 9.49. The van der Waals surface area contributed by atoms with Gasteiger partial charge in [0.25, 0.3) is 0 Å². The van der Waals surface area contributed by atoms with Crippen LogP contribution >= 0.6 is 31.9 Å². The molecular formula is C15H10Br2O. The molecule has 0 aromatic heterocycles. The van der Waals surface area contributed by atoms with Crippen molar-refractivity contribution in [3.8, 4) is 0 Å². The van der Waals surface area contributed by atoms with Crippen LogP contribution in [0.1, 0.15) is 6.42 Å². The maximum Gasteiger partial charge on any atom is 0.193 e. The lowest BCUT2D eigenvalue weighted by Crippen LogP contribution is -2.39. The Labute approximate surface area is 121 Å². The molecule has 90 valence electrons. The topological polar surface area (TPSA) is 17.1 Å². The average molecular weight is 366 g/mol. The first-order valence-electron chi connectivity index (χ1n) is 5.74. The van der Waals surface area contributed by atoms with E-state index >= 15 is 0 Å². The van der Waals surface area contributed by atoms with Gasteiger partial charge in [0, 0.05) is 19.9 Å². The summed E-state index contributed by atoms with van der Waals surface area (Å²) in [5, 5.41) is 3.53. The SMILES string of the molecule is O=c1c2c(c(Br)cc3ccccc13)=CCC(Br)C=2. The van der Waals surface area contributed by atoms with Gasteiger partial charge >= 0.3 is 0 Å². The summed E-state index contributed by atoms with van der Waals surface area (Å²) in [6, 6.07) is 9.74. The van der Waals surface area contributed by atoms with Crippen LogP contribution in [0.15, 0.2) is 39.6 Å². The van der Waals surface area contributed by atoms with Gasteiger partial charge in [-0.15, -0.1) is 0 Å². The first-order chi connectivity index (χ1) is 8.66. The van der Waals surface area contributed by atoms with E-state index in [1.807, 2.05) is 36.4 Å². The molecule has 0 fully saturated rings. The smallest absolute Gasteiger partial charge is 0.193 e. The summed E-state index contributed by atoms with van der Waals surface area (Å²) in [6.45, 7) is 0. The summed E-state index contributed by atoms with van der Waals surface area (Å²) in [6.07, 6.45) is 5.03. The molecule has 1 aliphatic carbocycles. The minimum Gasteiger partial charge on any atom is -0.289 e. The third-order valence-corrected chi connectivity index (χ3v) is 4.47. The first-order valence-corrected chi connectivity index (χ1v) is 7.45. The molecule has 18 heavy (non-hydrogen) atoms. The summed E-state index contributed by atoms with van der Waals surface area (Å²) in [5.41, 5.74) is 0.103. The fourth-order valence-corrected chi connectivity index (χ4v) is 3.37. The van der Waals surface area contributed by atoms with Gasteiger partial charge < -0.3 is 0 Å². The van der Waals surface area contributed by atoms with Crippen molar-refractivity contribution in [1.82, 2.24) is 0 Å². The van der Waals surface area contributed by atoms with Crippen LogP contribution in [0.25, 0.3) is 22.9 Å². The van der Waals surface area contributed by atoms with Crippen molar-refractivity contribution in [2.45, 2.75) is 11.2 Å². The van der Waals surface area contributed by atoms with Gasteiger partial charge in [0.1, 0.15) is 0 Å². The van der Waals surface area contributed by atoms with Gasteiger partial charge in [0.2, 0.25) is 0 Å². The van der Waals surface area contributed by atoms with Crippen molar-refractivity contribution in [2.75, 3.05) is 0 Å². The zero-order chi connectivity index (χ0) is 12.7. The summed E-state index contributed by atoms with van der Waals surface area (Å²) in [7, 11) is 0. The molecular weight excluding hydrogens is 356 g/mol.